The van der Waals surface area contributed by atoms with Crippen molar-refractivity contribution in [2.75, 3.05) is 7.05 Å². The van der Waals surface area contributed by atoms with Crippen LogP contribution in [0.5, 0.6) is 17.2 Å². The second kappa shape index (κ2) is 11.6. The highest BCUT2D eigenvalue weighted by molar-refractivity contribution is 5.91. The number of nitrogens with one attached hydrogen (secondary N) is 1. The van der Waals surface area contributed by atoms with Gasteiger partial charge >= 0.3 is 5.97 Å². The van der Waals surface area contributed by atoms with Gasteiger partial charge in [0.25, 0.3) is 0 Å². The van der Waals surface area contributed by atoms with Crippen molar-refractivity contribution in [1.29, 1.82) is 0 Å². The molecule has 1 aromatic heterocycles. The average Bonchev–Trinajstić information content (AvgIpc) is 2.63. The third-order valence-electron chi connectivity index (χ3n) is 3.61. The molecule has 28 heavy (non-hydrogen) atoms. The number of pyridine rings is 1. The fourth-order valence-corrected chi connectivity index (χ4v) is 2.08. The molecule has 0 radical (unpaired) electrons. The molecule has 0 saturated heterocycles. The number of rotatable bonds is 7. The number of nitrogens with zero attached hydrogens (tertiary/aromatic N) is 1. The van der Waals surface area contributed by atoms with Gasteiger partial charge in [-0.25, -0.2) is 4.79 Å². The van der Waals surface area contributed by atoms with Crippen LogP contribution in [0.1, 0.15) is 43.1 Å². The predicted octanol–water partition coefficient (Wildman–Crippen LogP) is 3.68. The normalized spacial score (nSPS) is 11.8. The molecule has 0 bridgehead atoms. The molecule has 0 amide bonds. The van der Waals surface area contributed by atoms with E-state index in [-0.39, 0.29) is 23.2 Å². The zero-order chi connectivity index (χ0) is 21.1. The van der Waals surface area contributed by atoms with Crippen LogP contribution in [0.2, 0.25) is 0 Å². The lowest BCUT2D eigenvalue weighted by atomic mass is 10.2. The summed E-state index contributed by atoms with van der Waals surface area (Å²) in [5.41, 5.74) is 0.774. The van der Waals surface area contributed by atoms with Gasteiger partial charge in [0.1, 0.15) is 22.8 Å². The smallest absolute Gasteiger partial charge is 0.339 e. The van der Waals surface area contributed by atoms with Crippen molar-refractivity contribution in [3.8, 4) is 17.2 Å². The van der Waals surface area contributed by atoms with E-state index in [1.807, 2.05) is 33.2 Å². The number of carboxylic acid groups (broad SMARTS) is 1. The van der Waals surface area contributed by atoms with Crippen LogP contribution in [0, 0.1) is 0 Å². The largest absolute Gasteiger partial charge is 0.508 e. The Labute approximate surface area is 165 Å². The number of phenolic OH excluding ortho intramolecular Hbond substituents is 1. The Morgan fingerprint density at radius 3 is 2.50 bits per heavy atom. The number of ether oxygens (including phenoxy) is 1. The highest BCUT2D eigenvalue weighted by atomic mass is 16.5. The third kappa shape index (κ3) is 8.55. The van der Waals surface area contributed by atoms with Crippen LogP contribution in [0.15, 0.2) is 42.7 Å². The fraction of sp³-hybridized carbons (Fsp3) is 0.333. The molecule has 0 unspecified atom stereocenters. The van der Waals surface area contributed by atoms with Crippen LogP contribution < -0.4 is 10.1 Å². The van der Waals surface area contributed by atoms with Gasteiger partial charge in [0, 0.05) is 12.2 Å². The lowest BCUT2D eigenvalue weighted by Gasteiger charge is -2.09. The number of carboxylic acids is 1. The van der Waals surface area contributed by atoms with Crippen molar-refractivity contribution < 1.29 is 24.9 Å². The first kappa shape index (κ1) is 23.0. The lowest BCUT2D eigenvalue weighted by molar-refractivity contribution is 0.0693. The summed E-state index contributed by atoms with van der Waals surface area (Å²) in [5, 5.41) is 29.3. The van der Waals surface area contributed by atoms with E-state index in [0.29, 0.717) is 6.04 Å². The van der Waals surface area contributed by atoms with Crippen molar-refractivity contribution >= 4 is 12.0 Å². The minimum Gasteiger partial charge on any atom is -0.508 e. The summed E-state index contributed by atoms with van der Waals surface area (Å²) in [5.74, 6) is -0.974. The van der Waals surface area contributed by atoms with Gasteiger partial charge in [0.2, 0.25) is 0 Å². The monoisotopic (exact) mass is 388 g/mol. The standard InChI is InChI=1S/C14H22N2O.C7H6O4/c1-11(2)17-14-8-13(9-16-10-14)7-5-6-12(3)15-4;8-4-1-2-6(9)5(3-4)7(10)11/h5,7-12,15H,6H2,1-4H3;1-3,8-9H,(H,10,11)/b7-5+;/t12-;/m0./s1. The summed E-state index contributed by atoms with van der Waals surface area (Å²) in [7, 11) is 1.97. The molecular formula is C21H28N2O5. The highest BCUT2D eigenvalue weighted by Crippen LogP contribution is 2.21. The Hall–Kier alpha value is -3.06. The van der Waals surface area contributed by atoms with Gasteiger partial charge in [0.15, 0.2) is 0 Å². The van der Waals surface area contributed by atoms with Gasteiger partial charge in [-0.3, -0.25) is 4.98 Å². The van der Waals surface area contributed by atoms with E-state index in [9.17, 15) is 4.79 Å². The molecular weight excluding hydrogens is 360 g/mol. The maximum atomic E-state index is 10.3. The molecule has 2 rings (SSSR count). The maximum absolute atomic E-state index is 10.3. The van der Waals surface area contributed by atoms with Crippen LogP contribution in [-0.4, -0.2) is 45.5 Å². The second-order valence-electron chi connectivity index (χ2n) is 6.45. The minimum absolute atomic E-state index is 0.180. The fourth-order valence-electron chi connectivity index (χ4n) is 2.08. The Balaban J connectivity index is 0.000000307. The van der Waals surface area contributed by atoms with Gasteiger partial charge in [-0.1, -0.05) is 12.2 Å². The number of hydrogen-bond acceptors (Lipinski definition) is 6. The van der Waals surface area contributed by atoms with Gasteiger partial charge in [-0.05, 0) is 64.1 Å². The molecule has 152 valence electrons. The van der Waals surface area contributed by atoms with Crippen molar-refractivity contribution in [2.45, 2.75) is 39.3 Å². The molecule has 7 heteroatoms. The molecule has 0 spiro atoms. The molecule has 7 nitrogen and oxygen atoms in total. The van der Waals surface area contributed by atoms with E-state index in [1.165, 1.54) is 6.07 Å². The summed E-state index contributed by atoms with van der Waals surface area (Å²) in [4.78, 5) is 14.5. The number of aromatic carboxylic acids is 1. The van der Waals surface area contributed by atoms with E-state index in [2.05, 4.69) is 29.4 Å². The maximum Gasteiger partial charge on any atom is 0.339 e. The van der Waals surface area contributed by atoms with Crippen molar-refractivity contribution in [1.82, 2.24) is 10.3 Å². The summed E-state index contributed by atoms with van der Waals surface area (Å²) in [6.45, 7) is 6.18. The topological polar surface area (TPSA) is 112 Å². The summed E-state index contributed by atoms with van der Waals surface area (Å²) >= 11 is 0. The van der Waals surface area contributed by atoms with E-state index in [4.69, 9.17) is 20.1 Å². The van der Waals surface area contributed by atoms with Crippen LogP contribution in [0.25, 0.3) is 6.08 Å². The lowest BCUT2D eigenvalue weighted by Crippen LogP contribution is -2.19. The molecule has 0 aliphatic heterocycles. The summed E-state index contributed by atoms with van der Waals surface area (Å²) < 4.78 is 5.59. The first-order chi connectivity index (χ1) is 13.2. The number of aromatic nitrogens is 1. The molecule has 0 saturated carbocycles. The zero-order valence-electron chi connectivity index (χ0n) is 16.6. The molecule has 0 aliphatic carbocycles. The van der Waals surface area contributed by atoms with Crippen LogP contribution in [0.4, 0.5) is 0 Å². The number of aromatic hydroxyl groups is 2. The van der Waals surface area contributed by atoms with Gasteiger partial charge < -0.3 is 25.4 Å². The molecule has 0 fully saturated rings. The Morgan fingerprint density at radius 1 is 1.21 bits per heavy atom. The molecule has 1 aromatic carbocycles. The molecule has 4 N–H and O–H groups in total. The summed E-state index contributed by atoms with van der Waals surface area (Å²) in [6, 6.07) is 5.82. The van der Waals surface area contributed by atoms with E-state index in [1.54, 1.807) is 6.20 Å². The van der Waals surface area contributed by atoms with Crippen molar-refractivity contribution in [2.24, 2.45) is 0 Å². The van der Waals surface area contributed by atoms with Gasteiger partial charge in [-0.2, -0.15) is 0 Å². The SMILES string of the molecule is CN[C@@H](C)C/C=C/c1cncc(OC(C)C)c1.O=C(O)c1cc(O)ccc1O. The Morgan fingerprint density at radius 2 is 1.93 bits per heavy atom. The van der Waals surface area contributed by atoms with Gasteiger partial charge in [0.05, 0.1) is 12.3 Å². The number of hydrogen-bond donors (Lipinski definition) is 4. The molecule has 1 atom stereocenters. The van der Waals surface area contributed by atoms with Crippen LogP contribution >= 0.6 is 0 Å². The zero-order valence-corrected chi connectivity index (χ0v) is 16.6. The molecule has 0 aliphatic rings. The van der Waals surface area contributed by atoms with Crippen molar-refractivity contribution in [3.63, 3.8) is 0 Å². The van der Waals surface area contributed by atoms with E-state index in [0.717, 1.165) is 29.9 Å². The average molecular weight is 388 g/mol. The van der Waals surface area contributed by atoms with Crippen molar-refractivity contribution in [3.05, 3.63) is 53.9 Å². The number of phenols is 2. The van der Waals surface area contributed by atoms with Crippen LogP contribution in [-0.2, 0) is 0 Å². The number of carbonyl (C=O) groups is 1. The van der Waals surface area contributed by atoms with Gasteiger partial charge in [-0.15, -0.1) is 0 Å². The predicted molar refractivity (Wildman–Crippen MR) is 109 cm³/mol. The van der Waals surface area contributed by atoms with Crippen LogP contribution in [0.3, 0.4) is 0 Å². The molecule has 2 aromatic rings. The quantitative estimate of drug-likeness (QED) is 0.535. The second-order valence-corrected chi connectivity index (χ2v) is 6.45. The Kier molecular flexibility index (Phi) is 9.53. The number of benzene rings is 1. The Bertz CT molecular complexity index is 790. The van der Waals surface area contributed by atoms with E-state index >= 15 is 0 Å². The first-order valence-corrected chi connectivity index (χ1v) is 8.93. The summed E-state index contributed by atoms with van der Waals surface area (Å²) in [6.07, 6.45) is 9.00. The minimum atomic E-state index is -1.27. The first-order valence-electron chi connectivity index (χ1n) is 8.93. The van der Waals surface area contributed by atoms with E-state index < -0.39 is 5.97 Å². The molecule has 1 heterocycles. The highest BCUT2D eigenvalue weighted by Gasteiger charge is 2.08. The third-order valence-corrected chi connectivity index (χ3v) is 3.61.